The van der Waals surface area contributed by atoms with Gasteiger partial charge in [0.25, 0.3) is 0 Å². The smallest absolute Gasteiger partial charge is 0.365 e. The molecular formula is C15H12Cl2N2O3. The van der Waals surface area contributed by atoms with Gasteiger partial charge in [-0.1, -0.05) is 46.6 Å². The topological polar surface area (TPSA) is 73.9 Å². The number of halogens is 2. The molecule has 0 saturated heterocycles. The molecule has 0 amide bonds. The van der Waals surface area contributed by atoms with Gasteiger partial charge in [0, 0.05) is 5.02 Å². The Morgan fingerprint density at radius 1 is 1.14 bits per heavy atom. The van der Waals surface area contributed by atoms with Gasteiger partial charge in [-0.3, -0.25) is 0 Å². The lowest BCUT2D eigenvalue weighted by Crippen LogP contribution is -2.22. The standard InChI is InChI=1S/C15H12Cl2N2O3/c16-11-6-7-13(12(17)8-11)21-9-14(18)19-22-15(20)10-4-2-1-3-5-10/h1-8H,9H2,(H2,18,19). The Hall–Kier alpha value is -2.24. The molecule has 0 unspecified atom stereocenters. The second-order valence-corrected chi connectivity index (χ2v) is 5.03. The lowest BCUT2D eigenvalue weighted by molar-refractivity contribution is 0.0513. The average molecular weight is 339 g/mol. The first-order valence-corrected chi connectivity index (χ1v) is 6.98. The van der Waals surface area contributed by atoms with Crippen LogP contribution in [0.15, 0.2) is 53.7 Å². The van der Waals surface area contributed by atoms with E-state index in [-0.39, 0.29) is 12.4 Å². The molecule has 0 spiro atoms. The van der Waals surface area contributed by atoms with E-state index >= 15 is 0 Å². The van der Waals surface area contributed by atoms with Crippen LogP contribution in [0.2, 0.25) is 10.0 Å². The largest absolute Gasteiger partial charge is 0.484 e. The van der Waals surface area contributed by atoms with Crippen LogP contribution < -0.4 is 10.5 Å². The Morgan fingerprint density at radius 3 is 2.55 bits per heavy atom. The highest BCUT2D eigenvalue weighted by Gasteiger charge is 2.07. The van der Waals surface area contributed by atoms with E-state index in [1.807, 2.05) is 0 Å². The minimum Gasteiger partial charge on any atom is -0.484 e. The molecule has 0 aliphatic carbocycles. The molecule has 0 aliphatic heterocycles. The van der Waals surface area contributed by atoms with Crippen LogP contribution in [0.25, 0.3) is 0 Å². The fourth-order valence-corrected chi connectivity index (χ4v) is 1.96. The van der Waals surface area contributed by atoms with Crippen molar-refractivity contribution < 1.29 is 14.4 Å². The van der Waals surface area contributed by atoms with Crippen LogP contribution in [-0.4, -0.2) is 18.4 Å². The number of ether oxygens (including phenoxy) is 1. The maximum absolute atomic E-state index is 11.7. The molecule has 114 valence electrons. The highest BCUT2D eigenvalue weighted by molar-refractivity contribution is 6.35. The van der Waals surface area contributed by atoms with Crippen LogP contribution in [0.5, 0.6) is 5.75 Å². The van der Waals surface area contributed by atoms with E-state index in [0.29, 0.717) is 21.4 Å². The summed E-state index contributed by atoms with van der Waals surface area (Å²) in [5.74, 6) is -0.207. The summed E-state index contributed by atoms with van der Waals surface area (Å²) in [6.45, 7) is -0.0799. The van der Waals surface area contributed by atoms with E-state index in [4.69, 9.17) is 38.5 Å². The molecule has 2 aromatic carbocycles. The number of nitrogens with two attached hydrogens (primary N) is 1. The van der Waals surface area contributed by atoms with E-state index in [2.05, 4.69) is 5.16 Å². The van der Waals surface area contributed by atoms with Crippen molar-refractivity contribution in [1.29, 1.82) is 0 Å². The normalized spacial score (nSPS) is 11.1. The van der Waals surface area contributed by atoms with Crippen LogP contribution in [-0.2, 0) is 4.84 Å². The van der Waals surface area contributed by atoms with Gasteiger partial charge in [0.2, 0.25) is 0 Å². The summed E-state index contributed by atoms with van der Waals surface area (Å²) >= 11 is 11.7. The Kier molecular flexibility index (Phi) is 5.63. The zero-order chi connectivity index (χ0) is 15.9. The van der Waals surface area contributed by atoms with Crippen molar-refractivity contribution in [1.82, 2.24) is 0 Å². The molecule has 0 radical (unpaired) electrons. The van der Waals surface area contributed by atoms with Gasteiger partial charge < -0.3 is 15.3 Å². The fraction of sp³-hybridized carbons (Fsp3) is 0.0667. The van der Waals surface area contributed by atoms with Crippen molar-refractivity contribution in [3.63, 3.8) is 0 Å². The van der Waals surface area contributed by atoms with Crippen molar-refractivity contribution in [3.05, 3.63) is 64.1 Å². The van der Waals surface area contributed by atoms with Crippen molar-refractivity contribution in [2.75, 3.05) is 6.61 Å². The molecule has 0 aromatic heterocycles. The lowest BCUT2D eigenvalue weighted by Gasteiger charge is -2.07. The molecule has 0 atom stereocenters. The summed E-state index contributed by atoms with van der Waals surface area (Å²) < 4.78 is 5.35. The molecule has 0 fully saturated rings. The number of carbonyl (C=O) groups excluding carboxylic acids is 1. The second-order valence-electron chi connectivity index (χ2n) is 4.19. The number of rotatable bonds is 5. The molecule has 0 bridgehead atoms. The van der Waals surface area contributed by atoms with E-state index in [9.17, 15) is 4.79 Å². The first-order valence-electron chi connectivity index (χ1n) is 6.23. The average Bonchev–Trinajstić information content (AvgIpc) is 2.52. The second kappa shape index (κ2) is 7.68. The zero-order valence-corrected chi connectivity index (χ0v) is 12.8. The highest BCUT2D eigenvalue weighted by Crippen LogP contribution is 2.27. The Bertz CT molecular complexity index is 690. The summed E-state index contributed by atoms with van der Waals surface area (Å²) in [5.41, 5.74) is 5.98. The molecule has 2 rings (SSSR count). The molecule has 5 nitrogen and oxygen atoms in total. The molecule has 0 aliphatic rings. The number of carbonyl (C=O) groups is 1. The van der Waals surface area contributed by atoms with E-state index < -0.39 is 5.97 Å². The van der Waals surface area contributed by atoms with Crippen molar-refractivity contribution in [2.24, 2.45) is 10.9 Å². The van der Waals surface area contributed by atoms with Gasteiger partial charge in [-0.25, -0.2) is 4.79 Å². The molecule has 2 aromatic rings. The quantitative estimate of drug-likeness (QED) is 0.392. The predicted molar refractivity (Wildman–Crippen MR) is 85.4 cm³/mol. The van der Waals surface area contributed by atoms with Crippen molar-refractivity contribution in [3.8, 4) is 5.75 Å². The molecule has 22 heavy (non-hydrogen) atoms. The summed E-state index contributed by atoms with van der Waals surface area (Å²) in [6.07, 6.45) is 0. The lowest BCUT2D eigenvalue weighted by atomic mass is 10.2. The number of benzene rings is 2. The van der Waals surface area contributed by atoms with E-state index in [1.54, 1.807) is 48.5 Å². The third-order valence-electron chi connectivity index (χ3n) is 2.52. The summed E-state index contributed by atoms with van der Waals surface area (Å²) in [6, 6.07) is 13.2. The Labute approximate surface area is 137 Å². The minimum atomic E-state index is -0.604. The maximum Gasteiger partial charge on any atom is 0.365 e. The summed E-state index contributed by atoms with van der Waals surface area (Å²) in [7, 11) is 0. The third kappa shape index (κ3) is 4.65. The van der Waals surface area contributed by atoms with Crippen LogP contribution >= 0.6 is 23.2 Å². The number of hydrogen-bond donors (Lipinski definition) is 1. The fourth-order valence-electron chi connectivity index (χ4n) is 1.50. The third-order valence-corrected chi connectivity index (χ3v) is 3.06. The van der Waals surface area contributed by atoms with Gasteiger partial charge in [0.15, 0.2) is 5.84 Å². The van der Waals surface area contributed by atoms with Crippen molar-refractivity contribution >= 4 is 35.0 Å². The van der Waals surface area contributed by atoms with Gasteiger partial charge in [0.1, 0.15) is 12.4 Å². The van der Waals surface area contributed by atoms with Crippen molar-refractivity contribution in [2.45, 2.75) is 0 Å². The van der Waals surface area contributed by atoms with Gasteiger partial charge in [-0.15, -0.1) is 0 Å². The highest BCUT2D eigenvalue weighted by atomic mass is 35.5. The molecule has 0 heterocycles. The molecule has 0 saturated carbocycles. The van der Waals surface area contributed by atoms with Gasteiger partial charge in [-0.2, -0.15) is 0 Å². The van der Waals surface area contributed by atoms with E-state index in [0.717, 1.165) is 0 Å². The first kappa shape index (κ1) is 16.1. The monoisotopic (exact) mass is 338 g/mol. The maximum atomic E-state index is 11.7. The zero-order valence-electron chi connectivity index (χ0n) is 11.3. The summed E-state index contributed by atoms with van der Waals surface area (Å²) in [4.78, 5) is 16.4. The number of nitrogens with zero attached hydrogens (tertiary/aromatic N) is 1. The minimum absolute atomic E-state index is 0.00435. The van der Waals surface area contributed by atoms with E-state index in [1.165, 1.54) is 0 Å². The Morgan fingerprint density at radius 2 is 1.86 bits per heavy atom. The van der Waals surface area contributed by atoms with Crippen LogP contribution in [0.4, 0.5) is 0 Å². The van der Waals surface area contributed by atoms with Crippen LogP contribution in [0.1, 0.15) is 10.4 Å². The van der Waals surface area contributed by atoms with Gasteiger partial charge in [0.05, 0.1) is 10.6 Å². The SMILES string of the molecule is N/C(COc1ccc(Cl)cc1Cl)=N/OC(=O)c1ccccc1. The molecule has 7 heteroatoms. The summed E-state index contributed by atoms with van der Waals surface area (Å²) in [5, 5.41) is 4.36. The molecule has 2 N–H and O–H groups in total. The van der Waals surface area contributed by atoms with Crippen LogP contribution in [0.3, 0.4) is 0 Å². The first-order chi connectivity index (χ1) is 10.6. The Balaban J connectivity index is 1.89. The number of oxime groups is 1. The predicted octanol–water partition coefficient (Wildman–Crippen LogP) is 3.50. The van der Waals surface area contributed by atoms with Crippen LogP contribution in [0, 0.1) is 0 Å². The van der Waals surface area contributed by atoms with Gasteiger partial charge >= 0.3 is 5.97 Å². The molecular weight excluding hydrogens is 327 g/mol. The van der Waals surface area contributed by atoms with Gasteiger partial charge in [-0.05, 0) is 30.3 Å². The number of hydrogen-bond acceptors (Lipinski definition) is 4. The number of amidine groups is 1.